The van der Waals surface area contributed by atoms with Gasteiger partial charge in [-0.1, -0.05) is 47.5 Å². The fourth-order valence-electron chi connectivity index (χ4n) is 7.28. The second kappa shape index (κ2) is 17.3. The molecule has 276 valence electrons. The second-order valence-corrected chi connectivity index (χ2v) is 14.0. The third-order valence-electron chi connectivity index (χ3n) is 10.2. The molecule has 51 heavy (non-hydrogen) atoms. The third kappa shape index (κ3) is 8.58. The Morgan fingerprint density at radius 1 is 0.961 bits per heavy atom. The lowest BCUT2D eigenvalue weighted by atomic mass is 9.76. The molecule has 3 heterocycles. The van der Waals surface area contributed by atoms with Gasteiger partial charge in [-0.25, -0.2) is 4.98 Å². The van der Waals surface area contributed by atoms with Crippen molar-refractivity contribution in [3.8, 4) is 17.2 Å². The first-order chi connectivity index (χ1) is 24.6. The standard InChI is InChI=1S/C39H50Cl2N4O6/c1-6-8-9-10-30-26-42-37(45(30)21-22-51-7-2)39(47)15-18-43(19-16-39)17-13-38(29-11-12-31(40)32(41)25-29)14-20-44(27-38)36(46)28-23-33(48-3)35(50-5)34(24-28)49-4/h6,8-12,23-26,47H,7,13-22,27H2,1-5H3/b8-6-,10-9-. The third-order valence-corrected chi connectivity index (χ3v) is 11.0. The molecule has 1 amide bonds. The van der Waals surface area contributed by atoms with E-state index in [2.05, 4.69) is 9.47 Å². The summed E-state index contributed by atoms with van der Waals surface area (Å²) in [5.41, 5.74) is 1.06. The van der Waals surface area contributed by atoms with Crippen LogP contribution in [-0.2, 0) is 22.3 Å². The molecule has 5 rings (SSSR count). The number of hydrogen-bond acceptors (Lipinski definition) is 8. The number of allylic oxidation sites excluding steroid dienone is 3. The number of methoxy groups -OCH3 is 3. The Hall–Kier alpha value is -3.54. The molecule has 2 fully saturated rings. The number of piperidine rings is 1. The number of nitrogens with zero attached hydrogens (tertiary/aromatic N) is 4. The molecule has 0 bridgehead atoms. The van der Waals surface area contributed by atoms with E-state index in [1.54, 1.807) is 12.1 Å². The van der Waals surface area contributed by atoms with Crippen molar-refractivity contribution in [2.24, 2.45) is 0 Å². The van der Waals surface area contributed by atoms with E-state index in [1.165, 1.54) is 21.3 Å². The van der Waals surface area contributed by atoms with E-state index >= 15 is 0 Å². The Labute approximate surface area is 311 Å². The number of aromatic nitrogens is 2. The summed E-state index contributed by atoms with van der Waals surface area (Å²) >= 11 is 12.9. The summed E-state index contributed by atoms with van der Waals surface area (Å²) in [5.74, 6) is 1.87. The first kappa shape index (κ1) is 38.7. The molecule has 3 aromatic rings. The fraction of sp³-hybridized carbons (Fsp3) is 0.487. The zero-order valence-corrected chi connectivity index (χ0v) is 31.8. The largest absolute Gasteiger partial charge is 0.493 e. The van der Waals surface area contributed by atoms with Gasteiger partial charge in [0, 0.05) is 50.3 Å². The molecule has 0 spiro atoms. The zero-order chi connectivity index (χ0) is 36.6. The van der Waals surface area contributed by atoms with Crippen LogP contribution in [0.3, 0.4) is 0 Å². The highest BCUT2D eigenvalue weighted by molar-refractivity contribution is 6.42. The molecule has 2 aromatic carbocycles. The van der Waals surface area contributed by atoms with Crippen LogP contribution in [0.5, 0.6) is 17.2 Å². The number of likely N-dealkylation sites (tertiary alicyclic amines) is 2. The Kier molecular flexibility index (Phi) is 13.1. The molecule has 0 saturated carbocycles. The minimum Gasteiger partial charge on any atom is -0.493 e. The predicted octanol–water partition coefficient (Wildman–Crippen LogP) is 7.00. The van der Waals surface area contributed by atoms with Crippen molar-refractivity contribution in [1.29, 1.82) is 0 Å². The van der Waals surface area contributed by atoms with Crippen molar-refractivity contribution >= 4 is 35.2 Å². The van der Waals surface area contributed by atoms with Gasteiger partial charge in [-0.15, -0.1) is 0 Å². The molecule has 2 aliphatic rings. The molecule has 1 aromatic heterocycles. The number of imidazole rings is 1. The quantitative estimate of drug-likeness (QED) is 0.132. The summed E-state index contributed by atoms with van der Waals surface area (Å²) in [6, 6.07) is 9.20. The van der Waals surface area contributed by atoms with Crippen LogP contribution in [-0.4, -0.2) is 97.6 Å². The van der Waals surface area contributed by atoms with Crippen molar-refractivity contribution in [1.82, 2.24) is 19.4 Å². The number of carbonyl (C=O) groups excluding carboxylic acids is 1. The van der Waals surface area contributed by atoms with Crippen molar-refractivity contribution in [3.05, 3.63) is 87.4 Å². The van der Waals surface area contributed by atoms with E-state index in [-0.39, 0.29) is 11.3 Å². The average molecular weight is 742 g/mol. The lowest BCUT2D eigenvalue weighted by Gasteiger charge is -2.40. The van der Waals surface area contributed by atoms with Gasteiger partial charge < -0.3 is 38.4 Å². The molecular weight excluding hydrogens is 691 g/mol. The smallest absolute Gasteiger partial charge is 0.254 e. The number of ether oxygens (including phenoxy) is 4. The van der Waals surface area contributed by atoms with Crippen LogP contribution in [0.2, 0.25) is 10.0 Å². The topological polar surface area (TPSA) is 98.5 Å². The Morgan fingerprint density at radius 3 is 2.31 bits per heavy atom. The van der Waals surface area contributed by atoms with Gasteiger partial charge in [0.05, 0.1) is 49.9 Å². The van der Waals surface area contributed by atoms with Gasteiger partial charge >= 0.3 is 0 Å². The van der Waals surface area contributed by atoms with Crippen LogP contribution in [0.1, 0.15) is 67.0 Å². The van der Waals surface area contributed by atoms with Crippen LogP contribution in [0, 0.1) is 0 Å². The Morgan fingerprint density at radius 2 is 1.69 bits per heavy atom. The van der Waals surface area contributed by atoms with Gasteiger partial charge in [0.1, 0.15) is 11.4 Å². The highest BCUT2D eigenvalue weighted by Crippen LogP contribution is 2.43. The lowest BCUT2D eigenvalue weighted by Crippen LogP contribution is -2.46. The zero-order valence-electron chi connectivity index (χ0n) is 30.3. The number of benzene rings is 2. The van der Waals surface area contributed by atoms with Gasteiger partial charge in [-0.3, -0.25) is 4.79 Å². The van der Waals surface area contributed by atoms with Gasteiger partial charge in [-0.05, 0) is 82.0 Å². The predicted molar refractivity (Wildman–Crippen MR) is 202 cm³/mol. The molecule has 0 radical (unpaired) electrons. The average Bonchev–Trinajstić information content (AvgIpc) is 3.77. The number of aliphatic hydroxyl groups is 1. The number of hydrogen-bond donors (Lipinski definition) is 1. The van der Waals surface area contributed by atoms with Gasteiger partial charge in [0.2, 0.25) is 5.75 Å². The summed E-state index contributed by atoms with van der Waals surface area (Å²) in [6.07, 6.45) is 12.5. The SMILES string of the molecule is C/C=C\C=C/c1cnc(C2(O)CCN(CCC3(c4ccc(Cl)c(Cl)c4)CCN(C(=O)c4cc(OC)c(OC)c(OC)c4)C3)CC2)n1CCOCC. The number of carbonyl (C=O) groups is 1. The maximum Gasteiger partial charge on any atom is 0.254 e. The van der Waals surface area contributed by atoms with Crippen LogP contribution in [0.25, 0.3) is 6.08 Å². The van der Waals surface area contributed by atoms with Crippen molar-refractivity contribution in [2.45, 2.75) is 57.1 Å². The molecule has 1 atom stereocenters. The van der Waals surface area contributed by atoms with Crippen LogP contribution < -0.4 is 14.2 Å². The van der Waals surface area contributed by atoms with Crippen LogP contribution in [0.15, 0.2) is 54.8 Å². The highest BCUT2D eigenvalue weighted by atomic mass is 35.5. The van der Waals surface area contributed by atoms with Gasteiger partial charge in [-0.2, -0.15) is 0 Å². The lowest BCUT2D eigenvalue weighted by molar-refractivity contribution is -0.0372. The van der Waals surface area contributed by atoms with Gasteiger partial charge in [0.15, 0.2) is 11.5 Å². The van der Waals surface area contributed by atoms with Crippen molar-refractivity contribution in [2.75, 3.05) is 67.3 Å². The van der Waals surface area contributed by atoms with E-state index in [0.29, 0.717) is 97.5 Å². The molecule has 0 aliphatic carbocycles. The van der Waals surface area contributed by atoms with E-state index in [4.69, 9.17) is 47.1 Å². The molecule has 10 nitrogen and oxygen atoms in total. The van der Waals surface area contributed by atoms with E-state index < -0.39 is 5.60 Å². The molecular formula is C39H50Cl2N4O6. The van der Waals surface area contributed by atoms with E-state index in [0.717, 1.165) is 30.6 Å². The maximum absolute atomic E-state index is 14.0. The maximum atomic E-state index is 14.0. The Balaban J connectivity index is 1.33. The normalized spacial score (nSPS) is 19.3. The highest BCUT2D eigenvalue weighted by Gasteiger charge is 2.43. The summed E-state index contributed by atoms with van der Waals surface area (Å²) in [6.45, 7) is 9.05. The minimum atomic E-state index is -1.05. The van der Waals surface area contributed by atoms with Crippen LogP contribution in [0.4, 0.5) is 0 Å². The first-order valence-electron chi connectivity index (χ1n) is 17.5. The summed E-state index contributed by atoms with van der Waals surface area (Å²) in [7, 11) is 4.61. The minimum absolute atomic E-state index is 0.112. The van der Waals surface area contributed by atoms with Crippen molar-refractivity contribution < 1.29 is 28.8 Å². The number of halogens is 2. The monoisotopic (exact) mass is 740 g/mol. The van der Waals surface area contributed by atoms with Crippen molar-refractivity contribution in [3.63, 3.8) is 0 Å². The van der Waals surface area contributed by atoms with E-state index in [1.807, 2.05) is 67.4 Å². The van der Waals surface area contributed by atoms with E-state index in [9.17, 15) is 9.90 Å². The summed E-state index contributed by atoms with van der Waals surface area (Å²) in [5, 5.41) is 13.0. The van der Waals surface area contributed by atoms with Crippen LogP contribution >= 0.6 is 23.2 Å². The fourth-order valence-corrected chi connectivity index (χ4v) is 7.58. The first-order valence-corrected chi connectivity index (χ1v) is 18.3. The number of rotatable bonds is 15. The van der Waals surface area contributed by atoms with Gasteiger partial charge in [0.25, 0.3) is 5.91 Å². The molecule has 12 heteroatoms. The summed E-state index contributed by atoms with van der Waals surface area (Å²) in [4.78, 5) is 23.0. The molecule has 1 unspecified atom stereocenters. The molecule has 1 N–H and O–H groups in total. The number of amides is 1. The molecule has 2 saturated heterocycles. The Bertz CT molecular complexity index is 1690. The second-order valence-electron chi connectivity index (χ2n) is 13.2. The molecule has 2 aliphatic heterocycles. The summed E-state index contributed by atoms with van der Waals surface area (Å²) < 4.78 is 24.3.